The van der Waals surface area contributed by atoms with Crippen LogP contribution in [-0.2, 0) is 18.0 Å². The van der Waals surface area contributed by atoms with E-state index in [1.807, 2.05) is 6.20 Å². The molecule has 1 N–H and O–H groups in total. The molecule has 0 aliphatic heterocycles. The number of carbonyl (C=O) groups is 1. The highest BCUT2D eigenvalue weighted by atomic mass is 35.5. The molecule has 5 aromatic rings. The number of nitrogens with one attached hydrogen (secondary N) is 1. The molecule has 0 radical (unpaired) electrons. The largest absolute Gasteiger partial charge is 0.495 e. The second-order valence-corrected chi connectivity index (χ2v) is 9.63. The van der Waals surface area contributed by atoms with Gasteiger partial charge in [0, 0.05) is 46.5 Å². The average molecular weight is 586 g/mol. The van der Waals surface area contributed by atoms with Crippen LogP contribution in [0.2, 0.25) is 5.02 Å². The standard InChI is InChI=1S/C27H23ClF3N7O3/c1-4-21(26(40)32-17-6-7-20-15(9-17)12-36(2)34-20)37-13-23(41-3)19(11-25(37)39)18-10-16(28)5-8-22(18)38-14-24(33-35-38)27(29,30)31/h5-14,21H,4H2,1-3H3,(H,32,40)/t21-/m0/s1. The number of carbonyl (C=O) groups excluding carboxylic acids is 1. The van der Waals surface area contributed by atoms with Gasteiger partial charge in [0.2, 0.25) is 5.91 Å². The Hall–Kier alpha value is -4.65. The number of fused-ring (bicyclic) bond motifs is 1. The van der Waals surface area contributed by atoms with Crippen LogP contribution in [0.15, 0.2) is 65.8 Å². The molecule has 3 heterocycles. The van der Waals surface area contributed by atoms with Crippen LogP contribution in [0.3, 0.4) is 0 Å². The zero-order chi connectivity index (χ0) is 29.5. The van der Waals surface area contributed by atoms with E-state index in [9.17, 15) is 22.8 Å². The van der Waals surface area contributed by atoms with Crippen molar-refractivity contribution in [3.8, 4) is 22.6 Å². The summed E-state index contributed by atoms with van der Waals surface area (Å²) in [6.45, 7) is 1.76. The van der Waals surface area contributed by atoms with Crippen LogP contribution in [0.5, 0.6) is 5.75 Å². The molecule has 0 aliphatic rings. The van der Waals surface area contributed by atoms with E-state index in [-0.39, 0.29) is 34.0 Å². The Morgan fingerprint density at radius 2 is 1.88 bits per heavy atom. The maximum atomic E-state index is 13.4. The van der Waals surface area contributed by atoms with Gasteiger partial charge in [0.25, 0.3) is 5.56 Å². The summed E-state index contributed by atoms with van der Waals surface area (Å²) in [6.07, 6.45) is -0.458. The monoisotopic (exact) mass is 585 g/mol. The summed E-state index contributed by atoms with van der Waals surface area (Å²) in [5, 5.41) is 15.1. The fourth-order valence-electron chi connectivity index (χ4n) is 4.54. The third-order valence-corrected chi connectivity index (χ3v) is 6.69. The van der Waals surface area contributed by atoms with Gasteiger partial charge in [-0.2, -0.15) is 18.3 Å². The number of halogens is 4. The summed E-state index contributed by atoms with van der Waals surface area (Å²) in [4.78, 5) is 26.7. The van der Waals surface area contributed by atoms with Gasteiger partial charge < -0.3 is 10.1 Å². The van der Waals surface area contributed by atoms with E-state index < -0.39 is 29.4 Å². The third-order valence-electron chi connectivity index (χ3n) is 6.46. The lowest BCUT2D eigenvalue weighted by molar-refractivity contribution is -0.141. The minimum Gasteiger partial charge on any atom is -0.495 e. The quantitative estimate of drug-likeness (QED) is 0.279. The zero-order valence-corrected chi connectivity index (χ0v) is 22.7. The van der Waals surface area contributed by atoms with Crippen LogP contribution in [0.1, 0.15) is 25.1 Å². The Labute approximate surface area is 235 Å². The lowest BCUT2D eigenvalue weighted by atomic mass is 10.0. The van der Waals surface area contributed by atoms with Gasteiger partial charge in [-0.05, 0) is 42.8 Å². The molecule has 1 amide bonds. The maximum Gasteiger partial charge on any atom is 0.436 e. The van der Waals surface area contributed by atoms with Crippen LogP contribution in [-0.4, -0.2) is 42.4 Å². The Morgan fingerprint density at radius 1 is 1.10 bits per heavy atom. The molecule has 41 heavy (non-hydrogen) atoms. The maximum absolute atomic E-state index is 13.4. The van der Waals surface area contributed by atoms with Crippen LogP contribution < -0.4 is 15.6 Å². The number of amides is 1. The molecule has 0 saturated carbocycles. The van der Waals surface area contributed by atoms with E-state index in [4.69, 9.17) is 16.3 Å². The van der Waals surface area contributed by atoms with Crippen molar-refractivity contribution in [2.24, 2.45) is 7.05 Å². The van der Waals surface area contributed by atoms with Gasteiger partial charge in [-0.15, -0.1) is 5.10 Å². The van der Waals surface area contributed by atoms with E-state index in [1.54, 1.807) is 36.9 Å². The summed E-state index contributed by atoms with van der Waals surface area (Å²) in [7, 11) is 3.17. The number of hydrogen-bond donors (Lipinski definition) is 1. The number of aryl methyl sites for hydroxylation is 1. The molecule has 212 valence electrons. The zero-order valence-electron chi connectivity index (χ0n) is 22.0. The van der Waals surface area contributed by atoms with Gasteiger partial charge in [-0.25, -0.2) is 4.68 Å². The lowest BCUT2D eigenvalue weighted by Gasteiger charge is -2.20. The van der Waals surface area contributed by atoms with Gasteiger partial charge in [0.05, 0.1) is 30.7 Å². The molecular weight excluding hydrogens is 563 g/mol. The van der Waals surface area contributed by atoms with Gasteiger partial charge in [0.1, 0.15) is 11.8 Å². The number of alkyl halides is 3. The molecule has 10 nitrogen and oxygen atoms in total. The van der Waals surface area contributed by atoms with Gasteiger partial charge in [-0.3, -0.25) is 18.8 Å². The fourth-order valence-corrected chi connectivity index (χ4v) is 4.71. The fraction of sp³-hybridized carbons (Fsp3) is 0.222. The highest BCUT2D eigenvalue weighted by Crippen LogP contribution is 2.36. The van der Waals surface area contributed by atoms with Crippen molar-refractivity contribution >= 4 is 34.1 Å². The number of pyridine rings is 1. The normalized spacial score (nSPS) is 12.5. The third kappa shape index (κ3) is 5.53. The molecule has 14 heteroatoms. The Balaban J connectivity index is 1.52. The molecule has 0 spiro atoms. The van der Waals surface area contributed by atoms with Crippen molar-refractivity contribution in [3.63, 3.8) is 0 Å². The van der Waals surface area contributed by atoms with Crippen molar-refractivity contribution in [1.29, 1.82) is 0 Å². The summed E-state index contributed by atoms with van der Waals surface area (Å²) in [6, 6.07) is 10.1. The Morgan fingerprint density at radius 3 is 2.56 bits per heavy atom. The first kappa shape index (κ1) is 27.9. The predicted octanol–water partition coefficient (Wildman–Crippen LogP) is 5.25. The lowest BCUT2D eigenvalue weighted by Crippen LogP contribution is -2.32. The second kappa shape index (κ2) is 10.7. The molecule has 0 bridgehead atoms. The van der Waals surface area contributed by atoms with Crippen molar-refractivity contribution in [1.82, 2.24) is 29.3 Å². The molecule has 1 atom stereocenters. The van der Waals surface area contributed by atoms with E-state index in [1.165, 1.54) is 42.1 Å². The molecule has 3 aromatic heterocycles. The number of methoxy groups -OCH3 is 1. The Bertz CT molecular complexity index is 1830. The molecule has 0 aliphatic carbocycles. The molecule has 5 rings (SSSR count). The second-order valence-electron chi connectivity index (χ2n) is 9.20. The smallest absolute Gasteiger partial charge is 0.436 e. The molecule has 0 saturated heterocycles. The van der Waals surface area contributed by atoms with Gasteiger partial charge in [-0.1, -0.05) is 23.7 Å². The highest BCUT2D eigenvalue weighted by molar-refractivity contribution is 6.31. The van der Waals surface area contributed by atoms with E-state index in [0.29, 0.717) is 5.69 Å². The predicted molar refractivity (Wildman–Crippen MR) is 146 cm³/mol. The SMILES string of the molecule is CC[C@@H](C(=O)Nc1ccc2nn(C)cc2c1)n1cc(OC)c(-c2cc(Cl)ccc2-n2cc(C(F)(F)F)nn2)cc1=O. The molecule has 0 unspecified atom stereocenters. The van der Waals surface area contributed by atoms with Crippen molar-refractivity contribution in [2.75, 3.05) is 12.4 Å². The Kier molecular flexibility index (Phi) is 7.30. The van der Waals surface area contributed by atoms with Crippen LogP contribution >= 0.6 is 11.6 Å². The molecular formula is C27H23ClF3N7O3. The van der Waals surface area contributed by atoms with Crippen LogP contribution in [0.25, 0.3) is 27.7 Å². The summed E-state index contributed by atoms with van der Waals surface area (Å²) >= 11 is 6.22. The number of rotatable bonds is 7. The van der Waals surface area contributed by atoms with Gasteiger partial charge >= 0.3 is 6.18 Å². The van der Waals surface area contributed by atoms with Gasteiger partial charge in [0.15, 0.2) is 5.69 Å². The van der Waals surface area contributed by atoms with Crippen LogP contribution in [0.4, 0.5) is 18.9 Å². The summed E-state index contributed by atoms with van der Waals surface area (Å²) in [5.74, 6) is -0.231. The van der Waals surface area contributed by atoms with E-state index in [0.717, 1.165) is 21.8 Å². The number of benzene rings is 2. The summed E-state index contributed by atoms with van der Waals surface area (Å²) < 4.78 is 48.9. The van der Waals surface area contributed by atoms with Crippen molar-refractivity contribution < 1.29 is 22.7 Å². The number of aromatic nitrogens is 6. The average Bonchev–Trinajstić information content (AvgIpc) is 3.56. The molecule has 2 aromatic carbocycles. The number of ether oxygens (including phenoxy) is 1. The minimum absolute atomic E-state index is 0.184. The number of hydrogen-bond acceptors (Lipinski definition) is 6. The van der Waals surface area contributed by atoms with Crippen LogP contribution in [0, 0.1) is 0 Å². The topological polar surface area (TPSA) is 109 Å². The number of nitrogens with zero attached hydrogens (tertiary/aromatic N) is 6. The first-order valence-corrected chi connectivity index (χ1v) is 12.7. The summed E-state index contributed by atoms with van der Waals surface area (Å²) in [5.41, 5.74) is 0.303. The van der Waals surface area contributed by atoms with Crippen molar-refractivity contribution in [2.45, 2.75) is 25.6 Å². The van der Waals surface area contributed by atoms with E-state index >= 15 is 0 Å². The van der Waals surface area contributed by atoms with Crippen molar-refractivity contribution in [3.05, 3.63) is 82.1 Å². The number of anilines is 1. The molecule has 0 fully saturated rings. The minimum atomic E-state index is -4.69. The first-order chi connectivity index (χ1) is 19.5. The first-order valence-electron chi connectivity index (χ1n) is 12.3. The van der Waals surface area contributed by atoms with E-state index in [2.05, 4.69) is 20.7 Å². The highest BCUT2D eigenvalue weighted by Gasteiger charge is 2.35.